The van der Waals surface area contributed by atoms with Crippen molar-refractivity contribution >= 4 is 11.3 Å². The molecule has 106 valence electrons. The Morgan fingerprint density at radius 3 is 2.33 bits per heavy atom. The Labute approximate surface area is 127 Å². The minimum Gasteiger partial charge on any atom is -0.493 e. The van der Waals surface area contributed by atoms with Gasteiger partial charge in [0.05, 0.1) is 19.9 Å². The largest absolute Gasteiger partial charge is 0.493 e. The number of benzene rings is 2. The van der Waals surface area contributed by atoms with E-state index >= 15 is 0 Å². The molecular formula is C17H15NO2S. The van der Waals surface area contributed by atoms with E-state index in [4.69, 9.17) is 14.5 Å². The fourth-order valence-electron chi connectivity index (χ4n) is 2.12. The Hall–Kier alpha value is -2.33. The van der Waals surface area contributed by atoms with Gasteiger partial charge < -0.3 is 9.47 Å². The third-order valence-corrected chi connectivity index (χ3v) is 4.10. The van der Waals surface area contributed by atoms with Crippen molar-refractivity contribution < 1.29 is 9.47 Å². The molecule has 3 rings (SSSR count). The van der Waals surface area contributed by atoms with Crippen molar-refractivity contribution in [3.05, 3.63) is 53.9 Å². The van der Waals surface area contributed by atoms with Crippen LogP contribution in [0.2, 0.25) is 0 Å². The average molecular weight is 297 g/mol. The fourth-order valence-corrected chi connectivity index (χ4v) is 2.95. The quantitative estimate of drug-likeness (QED) is 0.711. The maximum atomic E-state index is 5.34. The van der Waals surface area contributed by atoms with Gasteiger partial charge in [0.25, 0.3) is 0 Å². The zero-order valence-corrected chi connectivity index (χ0v) is 12.7. The second-order valence-corrected chi connectivity index (χ2v) is 5.33. The fraction of sp³-hybridized carbons (Fsp3) is 0.118. The molecule has 0 saturated carbocycles. The van der Waals surface area contributed by atoms with Gasteiger partial charge in [-0.2, -0.15) is 0 Å². The molecule has 0 spiro atoms. The highest BCUT2D eigenvalue weighted by Gasteiger charge is 2.10. The monoisotopic (exact) mass is 297 g/mol. The number of thiazole rings is 1. The normalized spacial score (nSPS) is 10.4. The van der Waals surface area contributed by atoms with Gasteiger partial charge >= 0.3 is 0 Å². The Bertz CT molecular complexity index is 738. The van der Waals surface area contributed by atoms with E-state index in [2.05, 4.69) is 17.5 Å². The van der Waals surface area contributed by atoms with E-state index in [1.165, 1.54) is 0 Å². The van der Waals surface area contributed by atoms with Crippen molar-refractivity contribution in [2.75, 3.05) is 14.2 Å². The van der Waals surface area contributed by atoms with Gasteiger partial charge in [-0.25, -0.2) is 4.98 Å². The molecule has 0 fully saturated rings. The van der Waals surface area contributed by atoms with E-state index in [1.807, 2.05) is 36.4 Å². The first kappa shape index (κ1) is 13.6. The van der Waals surface area contributed by atoms with Crippen LogP contribution in [0.5, 0.6) is 11.5 Å². The molecule has 0 atom stereocenters. The number of rotatable bonds is 4. The highest BCUT2D eigenvalue weighted by Crippen LogP contribution is 2.34. The molecule has 4 heteroatoms. The third kappa shape index (κ3) is 2.76. The van der Waals surface area contributed by atoms with Crippen molar-refractivity contribution in [1.29, 1.82) is 0 Å². The van der Waals surface area contributed by atoms with E-state index in [1.54, 1.807) is 25.6 Å². The summed E-state index contributed by atoms with van der Waals surface area (Å²) in [6, 6.07) is 16.0. The van der Waals surface area contributed by atoms with E-state index in [0.29, 0.717) is 5.75 Å². The standard InChI is InChI=1S/C17H15NO2S/c1-19-15-9-8-13(10-16(15)20-2)14-11-21-17(18-14)12-6-4-3-5-7-12/h3-11H,1-2H3. The Balaban J connectivity index is 1.97. The minimum atomic E-state index is 0.712. The topological polar surface area (TPSA) is 31.4 Å². The Morgan fingerprint density at radius 2 is 1.62 bits per heavy atom. The van der Waals surface area contributed by atoms with Gasteiger partial charge in [-0.15, -0.1) is 11.3 Å². The van der Waals surface area contributed by atoms with E-state index in [-0.39, 0.29) is 0 Å². The minimum absolute atomic E-state index is 0.712. The van der Waals surface area contributed by atoms with Crippen LogP contribution in [0.1, 0.15) is 0 Å². The number of methoxy groups -OCH3 is 2. The zero-order chi connectivity index (χ0) is 14.7. The first-order valence-corrected chi connectivity index (χ1v) is 7.43. The maximum Gasteiger partial charge on any atom is 0.161 e. The number of aromatic nitrogens is 1. The van der Waals surface area contributed by atoms with Gasteiger partial charge in [-0.1, -0.05) is 30.3 Å². The number of hydrogen-bond acceptors (Lipinski definition) is 4. The molecule has 0 aliphatic carbocycles. The molecule has 2 aromatic carbocycles. The molecule has 0 radical (unpaired) electrons. The van der Waals surface area contributed by atoms with Crippen LogP contribution in [0, 0.1) is 0 Å². The Morgan fingerprint density at radius 1 is 0.857 bits per heavy atom. The molecular weight excluding hydrogens is 282 g/mol. The second-order valence-electron chi connectivity index (χ2n) is 4.47. The van der Waals surface area contributed by atoms with Gasteiger partial charge in [-0.05, 0) is 18.2 Å². The zero-order valence-electron chi connectivity index (χ0n) is 11.9. The van der Waals surface area contributed by atoms with E-state index in [0.717, 1.165) is 27.6 Å². The highest BCUT2D eigenvalue weighted by atomic mass is 32.1. The molecule has 0 unspecified atom stereocenters. The summed E-state index contributed by atoms with van der Waals surface area (Å²) in [7, 11) is 3.27. The lowest BCUT2D eigenvalue weighted by molar-refractivity contribution is 0.355. The summed E-state index contributed by atoms with van der Waals surface area (Å²) < 4.78 is 10.6. The summed E-state index contributed by atoms with van der Waals surface area (Å²) in [5.74, 6) is 1.43. The molecule has 1 aromatic heterocycles. The first-order valence-electron chi connectivity index (χ1n) is 6.55. The van der Waals surface area contributed by atoms with Crippen molar-refractivity contribution in [1.82, 2.24) is 4.98 Å². The summed E-state index contributed by atoms with van der Waals surface area (Å²) in [5.41, 5.74) is 3.10. The van der Waals surface area contributed by atoms with E-state index < -0.39 is 0 Å². The SMILES string of the molecule is COc1ccc(-c2csc(-c3ccccc3)n2)cc1OC. The van der Waals surface area contributed by atoms with Crippen molar-refractivity contribution in [3.8, 4) is 33.3 Å². The molecule has 0 N–H and O–H groups in total. The summed E-state index contributed by atoms with van der Waals surface area (Å²) in [4.78, 5) is 4.70. The number of ether oxygens (including phenoxy) is 2. The van der Waals surface area contributed by atoms with Gasteiger partial charge in [0, 0.05) is 16.5 Å². The van der Waals surface area contributed by atoms with Crippen molar-refractivity contribution in [3.63, 3.8) is 0 Å². The molecule has 3 aromatic rings. The Kier molecular flexibility index (Phi) is 3.88. The van der Waals surface area contributed by atoms with Crippen LogP contribution in [0.4, 0.5) is 0 Å². The second kappa shape index (κ2) is 5.97. The molecule has 3 nitrogen and oxygen atoms in total. The number of nitrogens with zero attached hydrogens (tertiary/aromatic N) is 1. The molecule has 0 bridgehead atoms. The van der Waals surface area contributed by atoms with Crippen LogP contribution in [-0.4, -0.2) is 19.2 Å². The molecule has 0 amide bonds. The van der Waals surface area contributed by atoms with Crippen LogP contribution in [0.25, 0.3) is 21.8 Å². The highest BCUT2D eigenvalue weighted by molar-refractivity contribution is 7.13. The molecule has 0 saturated heterocycles. The van der Waals surface area contributed by atoms with E-state index in [9.17, 15) is 0 Å². The summed E-state index contributed by atoms with van der Waals surface area (Å²) >= 11 is 1.64. The van der Waals surface area contributed by atoms with Crippen LogP contribution in [-0.2, 0) is 0 Å². The third-order valence-electron chi connectivity index (χ3n) is 3.20. The predicted octanol–water partition coefficient (Wildman–Crippen LogP) is 4.49. The predicted molar refractivity (Wildman–Crippen MR) is 86.1 cm³/mol. The average Bonchev–Trinajstić information content (AvgIpc) is 3.05. The van der Waals surface area contributed by atoms with Crippen molar-refractivity contribution in [2.45, 2.75) is 0 Å². The lowest BCUT2D eigenvalue weighted by Gasteiger charge is -2.08. The molecule has 21 heavy (non-hydrogen) atoms. The lowest BCUT2D eigenvalue weighted by Crippen LogP contribution is -1.90. The van der Waals surface area contributed by atoms with Gasteiger partial charge in [0.2, 0.25) is 0 Å². The lowest BCUT2D eigenvalue weighted by atomic mass is 10.1. The first-order chi connectivity index (χ1) is 10.3. The van der Waals surface area contributed by atoms with Gasteiger partial charge in [0.1, 0.15) is 5.01 Å². The summed E-state index contributed by atoms with van der Waals surface area (Å²) in [6.45, 7) is 0. The summed E-state index contributed by atoms with van der Waals surface area (Å²) in [6.07, 6.45) is 0. The van der Waals surface area contributed by atoms with Crippen LogP contribution in [0.3, 0.4) is 0 Å². The molecule has 0 aliphatic heterocycles. The molecule has 1 heterocycles. The number of hydrogen-bond donors (Lipinski definition) is 0. The summed E-state index contributed by atoms with van der Waals surface area (Å²) in [5, 5.41) is 3.07. The van der Waals surface area contributed by atoms with Crippen LogP contribution >= 0.6 is 11.3 Å². The van der Waals surface area contributed by atoms with Crippen LogP contribution < -0.4 is 9.47 Å². The van der Waals surface area contributed by atoms with Crippen molar-refractivity contribution in [2.24, 2.45) is 0 Å². The molecule has 0 aliphatic rings. The maximum absolute atomic E-state index is 5.34. The smallest absolute Gasteiger partial charge is 0.161 e. The van der Waals surface area contributed by atoms with Gasteiger partial charge in [0.15, 0.2) is 11.5 Å². The van der Waals surface area contributed by atoms with Crippen LogP contribution in [0.15, 0.2) is 53.9 Å². The van der Waals surface area contributed by atoms with Gasteiger partial charge in [-0.3, -0.25) is 0 Å².